The van der Waals surface area contributed by atoms with E-state index in [1.54, 1.807) is 29.8 Å². The summed E-state index contributed by atoms with van der Waals surface area (Å²) in [6, 6.07) is 15.7. The average Bonchev–Trinajstić information content (AvgIpc) is 3.56. The van der Waals surface area contributed by atoms with E-state index in [1.807, 2.05) is 25.1 Å². The first-order valence-electron chi connectivity index (χ1n) is 11.4. The lowest BCUT2D eigenvalue weighted by Gasteiger charge is -2.14. The van der Waals surface area contributed by atoms with Gasteiger partial charge in [0.25, 0.3) is 11.8 Å². The van der Waals surface area contributed by atoms with Gasteiger partial charge in [0.2, 0.25) is 0 Å². The standard InChI is InChI=1S/C25H29N5O3/c1-3-26-24(31)19-11-14-21(22(16-19)33-15-7-10-18-8-5-4-6-9-18)30-17(2)23(28-29-30)25(32)27-20-12-13-20/h4-6,8-9,11,14,16,20H,3,7,10,12-13,15H2,1-2H3,(H,26,31)(H,27,32). The molecule has 172 valence electrons. The summed E-state index contributed by atoms with van der Waals surface area (Å²) in [7, 11) is 0. The van der Waals surface area contributed by atoms with E-state index in [1.165, 1.54) is 5.56 Å². The number of amides is 2. The molecular formula is C25H29N5O3. The maximum Gasteiger partial charge on any atom is 0.273 e. The van der Waals surface area contributed by atoms with Crippen molar-refractivity contribution in [1.82, 2.24) is 25.6 Å². The van der Waals surface area contributed by atoms with Crippen molar-refractivity contribution >= 4 is 11.8 Å². The normalized spacial score (nSPS) is 12.9. The maximum absolute atomic E-state index is 12.5. The topological polar surface area (TPSA) is 98.1 Å². The molecule has 2 aromatic carbocycles. The number of hydrogen-bond donors (Lipinski definition) is 2. The Labute approximate surface area is 193 Å². The molecular weight excluding hydrogens is 418 g/mol. The Morgan fingerprint density at radius 2 is 1.91 bits per heavy atom. The fourth-order valence-corrected chi connectivity index (χ4v) is 3.56. The summed E-state index contributed by atoms with van der Waals surface area (Å²) in [5.74, 6) is 0.137. The summed E-state index contributed by atoms with van der Waals surface area (Å²) in [6.07, 6.45) is 3.71. The van der Waals surface area contributed by atoms with Gasteiger partial charge in [0.15, 0.2) is 5.69 Å². The number of carbonyl (C=O) groups excluding carboxylic acids is 2. The molecule has 1 saturated carbocycles. The van der Waals surface area contributed by atoms with Gasteiger partial charge in [0.1, 0.15) is 11.4 Å². The highest BCUT2D eigenvalue weighted by atomic mass is 16.5. The highest BCUT2D eigenvalue weighted by molar-refractivity contribution is 5.95. The zero-order valence-corrected chi connectivity index (χ0v) is 19.0. The average molecular weight is 448 g/mol. The highest BCUT2D eigenvalue weighted by Crippen LogP contribution is 2.27. The quantitative estimate of drug-likeness (QED) is 0.465. The van der Waals surface area contributed by atoms with Crippen LogP contribution in [-0.4, -0.2) is 46.0 Å². The van der Waals surface area contributed by atoms with Crippen molar-refractivity contribution in [3.8, 4) is 11.4 Å². The number of ether oxygens (including phenoxy) is 1. The van der Waals surface area contributed by atoms with Gasteiger partial charge < -0.3 is 15.4 Å². The van der Waals surface area contributed by atoms with Gasteiger partial charge in [-0.2, -0.15) is 0 Å². The minimum absolute atomic E-state index is 0.169. The number of rotatable bonds is 10. The number of hydrogen-bond acceptors (Lipinski definition) is 5. The minimum Gasteiger partial charge on any atom is -0.491 e. The van der Waals surface area contributed by atoms with Gasteiger partial charge in [0, 0.05) is 18.2 Å². The third-order valence-electron chi connectivity index (χ3n) is 5.52. The van der Waals surface area contributed by atoms with Crippen molar-refractivity contribution in [2.45, 2.75) is 45.6 Å². The third kappa shape index (κ3) is 5.58. The number of aryl methyl sites for hydroxylation is 1. The summed E-state index contributed by atoms with van der Waals surface area (Å²) in [5.41, 5.74) is 3.30. The Morgan fingerprint density at radius 3 is 2.64 bits per heavy atom. The molecule has 0 bridgehead atoms. The molecule has 1 aliphatic rings. The first-order chi connectivity index (χ1) is 16.1. The second-order valence-electron chi connectivity index (χ2n) is 8.16. The molecule has 1 aliphatic carbocycles. The lowest BCUT2D eigenvalue weighted by molar-refractivity contribution is 0.0940. The first-order valence-corrected chi connectivity index (χ1v) is 11.4. The molecule has 8 nitrogen and oxygen atoms in total. The molecule has 2 amide bonds. The van der Waals surface area contributed by atoms with Crippen molar-refractivity contribution in [3.63, 3.8) is 0 Å². The largest absolute Gasteiger partial charge is 0.491 e. The van der Waals surface area contributed by atoms with Crippen LogP contribution in [0.15, 0.2) is 48.5 Å². The van der Waals surface area contributed by atoms with Crippen LogP contribution in [-0.2, 0) is 6.42 Å². The van der Waals surface area contributed by atoms with E-state index >= 15 is 0 Å². The molecule has 3 aromatic rings. The van der Waals surface area contributed by atoms with Gasteiger partial charge in [-0.25, -0.2) is 4.68 Å². The molecule has 4 rings (SSSR count). The van der Waals surface area contributed by atoms with E-state index in [0.717, 1.165) is 25.7 Å². The summed E-state index contributed by atoms with van der Waals surface area (Å²) >= 11 is 0. The monoisotopic (exact) mass is 447 g/mol. The zero-order chi connectivity index (χ0) is 23.2. The van der Waals surface area contributed by atoms with Crippen LogP contribution in [0.1, 0.15) is 58.3 Å². The predicted octanol–water partition coefficient (Wildman–Crippen LogP) is 3.23. The molecule has 0 atom stereocenters. The van der Waals surface area contributed by atoms with Crippen LogP contribution in [0.25, 0.3) is 5.69 Å². The third-order valence-corrected chi connectivity index (χ3v) is 5.52. The predicted molar refractivity (Wildman–Crippen MR) is 125 cm³/mol. The highest BCUT2D eigenvalue weighted by Gasteiger charge is 2.27. The molecule has 0 aliphatic heterocycles. The van der Waals surface area contributed by atoms with E-state index < -0.39 is 0 Å². The van der Waals surface area contributed by atoms with Crippen LogP contribution in [0.5, 0.6) is 5.75 Å². The molecule has 2 N–H and O–H groups in total. The summed E-state index contributed by atoms with van der Waals surface area (Å²) in [6.45, 7) is 4.69. The SMILES string of the molecule is CCNC(=O)c1ccc(-n2nnc(C(=O)NC3CC3)c2C)c(OCCCc2ccccc2)c1. The number of nitrogens with one attached hydrogen (secondary N) is 2. The van der Waals surface area contributed by atoms with Crippen LogP contribution >= 0.6 is 0 Å². The molecule has 8 heteroatoms. The first kappa shape index (κ1) is 22.5. The van der Waals surface area contributed by atoms with Crippen molar-refractivity contribution in [3.05, 3.63) is 71.0 Å². The molecule has 0 unspecified atom stereocenters. The van der Waals surface area contributed by atoms with Gasteiger partial charge in [-0.3, -0.25) is 9.59 Å². The lowest BCUT2D eigenvalue weighted by Crippen LogP contribution is -2.26. The lowest BCUT2D eigenvalue weighted by atomic mass is 10.1. The molecule has 1 heterocycles. The van der Waals surface area contributed by atoms with E-state index in [2.05, 4.69) is 33.1 Å². The van der Waals surface area contributed by atoms with Gasteiger partial charge in [-0.1, -0.05) is 35.5 Å². The Hall–Kier alpha value is -3.68. The van der Waals surface area contributed by atoms with Crippen LogP contribution < -0.4 is 15.4 Å². The van der Waals surface area contributed by atoms with Crippen molar-refractivity contribution < 1.29 is 14.3 Å². The van der Waals surface area contributed by atoms with Gasteiger partial charge in [0.05, 0.1) is 12.3 Å². The fourth-order valence-electron chi connectivity index (χ4n) is 3.56. The van der Waals surface area contributed by atoms with E-state index in [0.29, 0.717) is 41.5 Å². The van der Waals surface area contributed by atoms with E-state index in [-0.39, 0.29) is 17.9 Å². The Balaban J connectivity index is 1.55. The fraction of sp³-hybridized carbons (Fsp3) is 0.360. The van der Waals surface area contributed by atoms with E-state index in [4.69, 9.17) is 4.74 Å². The molecule has 0 spiro atoms. The van der Waals surface area contributed by atoms with Crippen LogP contribution in [0, 0.1) is 6.92 Å². The maximum atomic E-state index is 12.5. The Morgan fingerprint density at radius 1 is 1.12 bits per heavy atom. The van der Waals surface area contributed by atoms with Crippen molar-refractivity contribution in [2.75, 3.05) is 13.2 Å². The second-order valence-corrected chi connectivity index (χ2v) is 8.16. The van der Waals surface area contributed by atoms with Crippen LogP contribution in [0.4, 0.5) is 0 Å². The Kier molecular flexibility index (Phi) is 7.02. The Bertz CT molecular complexity index is 1120. The molecule has 0 radical (unpaired) electrons. The molecule has 1 fully saturated rings. The molecule has 33 heavy (non-hydrogen) atoms. The van der Waals surface area contributed by atoms with Crippen molar-refractivity contribution in [1.29, 1.82) is 0 Å². The van der Waals surface area contributed by atoms with Crippen molar-refractivity contribution in [2.24, 2.45) is 0 Å². The smallest absolute Gasteiger partial charge is 0.273 e. The van der Waals surface area contributed by atoms with Crippen LogP contribution in [0.2, 0.25) is 0 Å². The van der Waals surface area contributed by atoms with Gasteiger partial charge in [-0.05, 0) is 63.3 Å². The molecule has 0 saturated heterocycles. The second kappa shape index (κ2) is 10.3. The zero-order valence-electron chi connectivity index (χ0n) is 19.0. The van der Waals surface area contributed by atoms with Gasteiger partial charge in [-0.15, -0.1) is 5.10 Å². The summed E-state index contributed by atoms with van der Waals surface area (Å²) < 4.78 is 7.71. The van der Waals surface area contributed by atoms with E-state index in [9.17, 15) is 9.59 Å². The number of nitrogens with zero attached hydrogens (tertiary/aromatic N) is 3. The minimum atomic E-state index is -0.217. The molecule has 1 aromatic heterocycles. The number of benzene rings is 2. The van der Waals surface area contributed by atoms with Gasteiger partial charge >= 0.3 is 0 Å². The number of carbonyl (C=O) groups is 2. The summed E-state index contributed by atoms with van der Waals surface area (Å²) in [5, 5.41) is 14.1. The number of aromatic nitrogens is 3. The summed E-state index contributed by atoms with van der Waals surface area (Å²) in [4.78, 5) is 24.9. The van der Waals surface area contributed by atoms with Crippen LogP contribution in [0.3, 0.4) is 0 Å².